The number of hydrogen-bond acceptors (Lipinski definition) is 2. The van der Waals surface area contributed by atoms with Crippen LogP contribution < -0.4 is 0 Å². The molecule has 0 aromatic heterocycles. The summed E-state index contributed by atoms with van der Waals surface area (Å²) in [4.78, 5) is 0. The zero-order valence-corrected chi connectivity index (χ0v) is 9.66. The highest BCUT2D eigenvalue weighted by Gasteiger charge is 2.33. The van der Waals surface area contributed by atoms with Gasteiger partial charge in [0.2, 0.25) is 0 Å². The van der Waals surface area contributed by atoms with Crippen LogP contribution in [0, 0.1) is 11.8 Å². The molecule has 14 heavy (non-hydrogen) atoms. The summed E-state index contributed by atoms with van der Waals surface area (Å²) in [6, 6.07) is 0. The van der Waals surface area contributed by atoms with E-state index in [0.29, 0.717) is 5.92 Å². The maximum Gasteiger partial charge on any atom is 0.0646 e. The van der Waals surface area contributed by atoms with Crippen LogP contribution in [0.1, 0.15) is 52.9 Å². The van der Waals surface area contributed by atoms with Crippen molar-refractivity contribution in [2.75, 3.05) is 0 Å². The van der Waals surface area contributed by atoms with Crippen LogP contribution in [-0.2, 0) is 0 Å². The zero-order chi connectivity index (χ0) is 10.8. The normalized spacial score (nSPS) is 33.0. The van der Waals surface area contributed by atoms with Crippen molar-refractivity contribution in [3.8, 4) is 0 Å². The Morgan fingerprint density at radius 1 is 1.29 bits per heavy atom. The summed E-state index contributed by atoms with van der Waals surface area (Å²) in [5, 5.41) is 20.0. The van der Waals surface area contributed by atoms with Crippen LogP contribution >= 0.6 is 0 Å². The summed E-state index contributed by atoms with van der Waals surface area (Å²) >= 11 is 0. The Labute approximate surface area is 87.3 Å². The van der Waals surface area contributed by atoms with Gasteiger partial charge in [0.1, 0.15) is 0 Å². The molecule has 0 heterocycles. The van der Waals surface area contributed by atoms with E-state index in [2.05, 4.69) is 0 Å². The van der Waals surface area contributed by atoms with Gasteiger partial charge in [-0.3, -0.25) is 0 Å². The second kappa shape index (κ2) is 4.63. The van der Waals surface area contributed by atoms with E-state index in [9.17, 15) is 10.2 Å². The zero-order valence-electron chi connectivity index (χ0n) is 9.66. The van der Waals surface area contributed by atoms with Crippen molar-refractivity contribution in [3.63, 3.8) is 0 Å². The summed E-state index contributed by atoms with van der Waals surface area (Å²) < 4.78 is 0. The number of hydrogen-bond donors (Lipinski definition) is 2. The van der Waals surface area contributed by atoms with Gasteiger partial charge in [-0.1, -0.05) is 26.7 Å². The molecule has 2 N–H and O–H groups in total. The quantitative estimate of drug-likeness (QED) is 0.734. The molecule has 1 rings (SSSR count). The summed E-state index contributed by atoms with van der Waals surface area (Å²) in [6.45, 7) is 5.96. The number of aliphatic hydroxyl groups excluding tert-OH is 1. The van der Waals surface area contributed by atoms with Gasteiger partial charge in [0.25, 0.3) is 0 Å². The van der Waals surface area contributed by atoms with E-state index in [1.165, 1.54) is 6.42 Å². The molecule has 0 aromatic rings. The monoisotopic (exact) mass is 200 g/mol. The van der Waals surface area contributed by atoms with Crippen LogP contribution in [0.3, 0.4) is 0 Å². The molecule has 1 aliphatic carbocycles. The molecule has 0 spiro atoms. The second-order valence-corrected chi connectivity index (χ2v) is 5.33. The van der Waals surface area contributed by atoms with E-state index in [-0.39, 0.29) is 12.0 Å². The van der Waals surface area contributed by atoms with E-state index in [1.54, 1.807) is 0 Å². The third-order valence-corrected chi connectivity index (χ3v) is 3.79. The largest absolute Gasteiger partial charge is 0.393 e. The standard InChI is InChI=1S/C12H24O2/c1-9(2)12(3,14)8-10-6-4-5-7-11(10)13/h9-11,13-14H,4-8H2,1-3H3. The first kappa shape index (κ1) is 12.0. The first-order valence-electron chi connectivity index (χ1n) is 5.84. The Morgan fingerprint density at radius 3 is 2.36 bits per heavy atom. The van der Waals surface area contributed by atoms with Gasteiger partial charge < -0.3 is 10.2 Å². The molecular formula is C12H24O2. The third kappa shape index (κ3) is 2.96. The first-order valence-corrected chi connectivity index (χ1v) is 5.84. The highest BCUT2D eigenvalue weighted by Crippen LogP contribution is 2.33. The molecule has 0 aliphatic heterocycles. The fraction of sp³-hybridized carbons (Fsp3) is 1.00. The maximum absolute atomic E-state index is 10.2. The van der Waals surface area contributed by atoms with Crippen molar-refractivity contribution >= 4 is 0 Å². The SMILES string of the molecule is CC(C)C(C)(O)CC1CCCCC1O. The van der Waals surface area contributed by atoms with Crippen LogP contribution in [0.4, 0.5) is 0 Å². The van der Waals surface area contributed by atoms with E-state index in [4.69, 9.17) is 0 Å². The molecule has 0 radical (unpaired) electrons. The van der Waals surface area contributed by atoms with E-state index in [1.807, 2.05) is 20.8 Å². The smallest absolute Gasteiger partial charge is 0.0646 e. The van der Waals surface area contributed by atoms with E-state index in [0.717, 1.165) is 25.7 Å². The molecular weight excluding hydrogens is 176 g/mol. The summed E-state index contributed by atoms with van der Waals surface area (Å²) in [5.41, 5.74) is -0.622. The van der Waals surface area contributed by atoms with Crippen molar-refractivity contribution in [1.29, 1.82) is 0 Å². The Morgan fingerprint density at radius 2 is 1.86 bits per heavy atom. The van der Waals surface area contributed by atoms with Gasteiger partial charge >= 0.3 is 0 Å². The minimum atomic E-state index is -0.622. The Hall–Kier alpha value is -0.0800. The van der Waals surface area contributed by atoms with Crippen LogP contribution in [-0.4, -0.2) is 21.9 Å². The van der Waals surface area contributed by atoms with Gasteiger partial charge in [-0.05, 0) is 38.0 Å². The topological polar surface area (TPSA) is 40.5 Å². The average Bonchev–Trinajstić information content (AvgIpc) is 2.08. The number of rotatable bonds is 3. The summed E-state index contributed by atoms with van der Waals surface area (Å²) in [6.07, 6.45) is 4.89. The highest BCUT2D eigenvalue weighted by molar-refractivity contribution is 4.84. The molecule has 84 valence electrons. The molecule has 3 unspecified atom stereocenters. The van der Waals surface area contributed by atoms with Crippen molar-refractivity contribution < 1.29 is 10.2 Å². The molecule has 0 aromatic carbocycles. The lowest BCUT2D eigenvalue weighted by atomic mass is 9.76. The molecule has 3 atom stereocenters. The van der Waals surface area contributed by atoms with Gasteiger partial charge in [0.05, 0.1) is 11.7 Å². The molecule has 1 saturated carbocycles. The Kier molecular flexibility index (Phi) is 3.96. The Bertz CT molecular complexity index is 175. The first-order chi connectivity index (χ1) is 6.43. The predicted octanol–water partition coefficient (Wildman–Crippen LogP) is 2.33. The highest BCUT2D eigenvalue weighted by atomic mass is 16.3. The molecule has 2 heteroatoms. The van der Waals surface area contributed by atoms with Gasteiger partial charge in [-0.25, -0.2) is 0 Å². The molecule has 0 amide bonds. The van der Waals surface area contributed by atoms with Crippen LogP contribution in [0.5, 0.6) is 0 Å². The molecule has 2 nitrogen and oxygen atoms in total. The minimum Gasteiger partial charge on any atom is -0.393 e. The van der Waals surface area contributed by atoms with Crippen molar-refractivity contribution in [2.45, 2.75) is 64.6 Å². The third-order valence-electron chi connectivity index (χ3n) is 3.79. The van der Waals surface area contributed by atoms with Gasteiger partial charge in [-0.2, -0.15) is 0 Å². The lowest BCUT2D eigenvalue weighted by Gasteiger charge is -2.36. The molecule has 1 aliphatic rings. The fourth-order valence-electron chi connectivity index (χ4n) is 2.19. The van der Waals surface area contributed by atoms with E-state index >= 15 is 0 Å². The minimum absolute atomic E-state index is 0.186. The van der Waals surface area contributed by atoms with Gasteiger partial charge in [-0.15, -0.1) is 0 Å². The van der Waals surface area contributed by atoms with Gasteiger partial charge in [0, 0.05) is 0 Å². The molecule has 0 saturated heterocycles. The van der Waals surface area contributed by atoms with Crippen molar-refractivity contribution in [1.82, 2.24) is 0 Å². The molecule has 1 fully saturated rings. The summed E-state index contributed by atoms with van der Waals surface area (Å²) in [5.74, 6) is 0.567. The molecule has 0 bridgehead atoms. The second-order valence-electron chi connectivity index (χ2n) is 5.33. The van der Waals surface area contributed by atoms with Crippen LogP contribution in [0.2, 0.25) is 0 Å². The average molecular weight is 200 g/mol. The lowest BCUT2D eigenvalue weighted by molar-refractivity contribution is -0.0413. The lowest BCUT2D eigenvalue weighted by Crippen LogP contribution is -2.38. The summed E-state index contributed by atoms with van der Waals surface area (Å²) in [7, 11) is 0. The van der Waals surface area contributed by atoms with E-state index < -0.39 is 5.60 Å². The number of aliphatic hydroxyl groups is 2. The fourth-order valence-corrected chi connectivity index (χ4v) is 2.19. The Balaban J connectivity index is 2.49. The maximum atomic E-state index is 10.2. The van der Waals surface area contributed by atoms with Crippen LogP contribution in [0.25, 0.3) is 0 Å². The van der Waals surface area contributed by atoms with Crippen molar-refractivity contribution in [2.24, 2.45) is 11.8 Å². The van der Waals surface area contributed by atoms with Crippen molar-refractivity contribution in [3.05, 3.63) is 0 Å². The van der Waals surface area contributed by atoms with Crippen LogP contribution in [0.15, 0.2) is 0 Å². The van der Waals surface area contributed by atoms with Gasteiger partial charge in [0.15, 0.2) is 0 Å². The predicted molar refractivity (Wildman–Crippen MR) is 58.0 cm³/mol.